The number of esters is 1. The third-order valence-electron chi connectivity index (χ3n) is 7.00. The zero-order chi connectivity index (χ0) is 29.8. The molecule has 0 aliphatic heterocycles. The Morgan fingerprint density at radius 2 is 1.95 bits per heavy atom. The van der Waals surface area contributed by atoms with Gasteiger partial charge in [0, 0.05) is 4.88 Å². The number of anilines is 1. The highest BCUT2D eigenvalue weighted by molar-refractivity contribution is 8.00. The summed E-state index contributed by atoms with van der Waals surface area (Å²) >= 11 is 4.11. The van der Waals surface area contributed by atoms with Gasteiger partial charge in [0.2, 0.25) is 5.91 Å². The third-order valence-corrected chi connectivity index (χ3v) is 10.1. The molecule has 0 fully saturated rings. The standard InChI is InChI=1S/C30H33N5O4S3/c1-5-39-29(38)25-20-9-6-7-10-22(20)42-28(25)32-26(36)19(4)41-30-34-33-24(16-31-27(37)23-11-8-14-40-23)35(30)21-15-17(2)12-13-18(21)3/h8,11-15,19H,5-7,9-10,16H2,1-4H3,(H,31,37)(H,32,36)/t19-/m1/s1. The second-order valence-electron chi connectivity index (χ2n) is 10.1. The van der Waals surface area contributed by atoms with E-state index in [1.54, 1.807) is 19.9 Å². The predicted octanol–water partition coefficient (Wildman–Crippen LogP) is 6.11. The minimum absolute atomic E-state index is 0.169. The van der Waals surface area contributed by atoms with E-state index in [4.69, 9.17) is 4.74 Å². The van der Waals surface area contributed by atoms with Gasteiger partial charge >= 0.3 is 5.97 Å². The number of hydrogen-bond donors (Lipinski definition) is 2. The fourth-order valence-electron chi connectivity index (χ4n) is 4.85. The molecule has 3 heterocycles. The van der Waals surface area contributed by atoms with Crippen molar-refractivity contribution in [1.29, 1.82) is 0 Å². The Hall–Kier alpha value is -3.48. The Morgan fingerprint density at radius 1 is 1.14 bits per heavy atom. The lowest BCUT2D eigenvalue weighted by atomic mass is 9.95. The summed E-state index contributed by atoms with van der Waals surface area (Å²) in [5.41, 5.74) is 4.45. The molecular formula is C30H33N5O4S3. The number of thiophene rings is 2. The Bertz CT molecular complexity index is 1610. The van der Waals surface area contributed by atoms with Crippen LogP contribution in [-0.4, -0.2) is 44.4 Å². The smallest absolute Gasteiger partial charge is 0.341 e. The van der Waals surface area contributed by atoms with Crippen LogP contribution in [-0.2, 0) is 28.9 Å². The first-order valence-corrected chi connectivity index (χ1v) is 16.5. The molecule has 12 heteroatoms. The number of aromatic nitrogens is 3. The van der Waals surface area contributed by atoms with Crippen molar-refractivity contribution in [1.82, 2.24) is 20.1 Å². The molecule has 1 aliphatic rings. The van der Waals surface area contributed by atoms with Crippen molar-refractivity contribution >= 4 is 57.2 Å². The minimum atomic E-state index is -0.555. The fourth-order valence-corrected chi connectivity index (χ4v) is 7.65. The zero-order valence-electron chi connectivity index (χ0n) is 24.0. The minimum Gasteiger partial charge on any atom is -0.462 e. The van der Waals surface area contributed by atoms with Crippen LogP contribution in [0.4, 0.5) is 5.00 Å². The second-order valence-corrected chi connectivity index (χ2v) is 13.4. The Labute approximate surface area is 257 Å². The molecule has 5 rings (SSSR count). The van der Waals surface area contributed by atoms with E-state index in [2.05, 4.69) is 20.8 Å². The Kier molecular flexibility index (Phi) is 9.44. The number of rotatable bonds is 10. The summed E-state index contributed by atoms with van der Waals surface area (Å²) in [6.45, 7) is 8.04. The van der Waals surface area contributed by atoms with E-state index < -0.39 is 11.2 Å². The van der Waals surface area contributed by atoms with E-state index >= 15 is 0 Å². The highest BCUT2D eigenvalue weighted by Crippen LogP contribution is 2.39. The molecule has 3 aromatic heterocycles. The first-order chi connectivity index (χ1) is 20.3. The molecule has 1 aromatic carbocycles. The molecule has 0 radical (unpaired) electrons. The van der Waals surface area contributed by atoms with Gasteiger partial charge in [-0.25, -0.2) is 4.79 Å². The van der Waals surface area contributed by atoms with Crippen LogP contribution in [0.1, 0.15) is 74.1 Å². The molecule has 0 unspecified atom stereocenters. The van der Waals surface area contributed by atoms with E-state index in [9.17, 15) is 14.4 Å². The van der Waals surface area contributed by atoms with Crippen molar-refractivity contribution < 1.29 is 19.1 Å². The van der Waals surface area contributed by atoms with Crippen molar-refractivity contribution in [2.75, 3.05) is 11.9 Å². The van der Waals surface area contributed by atoms with Crippen LogP contribution in [0.25, 0.3) is 5.69 Å². The van der Waals surface area contributed by atoms with Crippen LogP contribution >= 0.6 is 34.4 Å². The zero-order valence-corrected chi connectivity index (χ0v) is 26.4. The van der Waals surface area contributed by atoms with Crippen LogP contribution in [0.5, 0.6) is 0 Å². The first-order valence-electron chi connectivity index (χ1n) is 13.9. The number of fused-ring (bicyclic) bond motifs is 1. The fraction of sp³-hybridized carbons (Fsp3) is 0.367. The number of amides is 2. The molecule has 0 saturated carbocycles. The summed E-state index contributed by atoms with van der Waals surface area (Å²) in [5, 5.41) is 17.2. The van der Waals surface area contributed by atoms with E-state index in [0.29, 0.717) is 26.4 Å². The van der Waals surface area contributed by atoms with E-state index in [-0.39, 0.29) is 25.0 Å². The van der Waals surface area contributed by atoms with Gasteiger partial charge < -0.3 is 15.4 Å². The van der Waals surface area contributed by atoms with Gasteiger partial charge in [-0.3, -0.25) is 14.2 Å². The van der Waals surface area contributed by atoms with Gasteiger partial charge in [0.25, 0.3) is 5.91 Å². The number of aryl methyl sites for hydroxylation is 3. The summed E-state index contributed by atoms with van der Waals surface area (Å²) in [5.74, 6) is -0.263. The number of thioether (sulfide) groups is 1. The summed E-state index contributed by atoms with van der Waals surface area (Å²) in [6, 6.07) is 9.71. The first kappa shape index (κ1) is 30.0. The van der Waals surface area contributed by atoms with E-state index in [1.165, 1.54) is 34.4 Å². The molecule has 0 bridgehead atoms. The number of nitrogens with one attached hydrogen (secondary N) is 2. The van der Waals surface area contributed by atoms with Gasteiger partial charge in [-0.05, 0) is 87.6 Å². The summed E-state index contributed by atoms with van der Waals surface area (Å²) in [6.07, 6.45) is 3.79. The van der Waals surface area contributed by atoms with Gasteiger partial charge in [-0.2, -0.15) is 0 Å². The molecule has 4 aromatic rings. The van der Waals surface area contributed by atoms with Crippen molar-refractivity contribution in [2.45, 2.75) is 70.3 Å². The quantitative estimate of drug-likeness (QED) is 0.162. The monoisotopic (exact) mass is 623 g/mol. The third kappa shape index (κ3) is 6.45. The molecule has 0 spiro atoms. The van der Waals surface area contributed by atoms with Crippen LogP contribution in [0.15, 0.2) is 40.9 Å². The molecule has 1 atom stereocenters. The lowest BCUT2D eigenvalue weighted by Crippen LogP contribution is -2.25. The highest BCUT2D eigenvalue weighted by atomic mass is 32.2. The number of carbonyl (C=O) groups is 3. The molecule has 2 N–H and O–H groups in total. The second kappa shape index (κ2) is 13.2. The number of nitrogens with zero attached hydrogens (tertiary/aromatic N) is 3. The summed E-state index contributed by atoms with van der Waals surface area (Å²) < 4.78 is 7.24. The van der Waals surface area contributed by atoms with Crippen LogP contribution in [0.3, 0.4) is 0 Å². The van der Waals surface area contributed by atoms with Crippen molar-refractivity contribution in [3.05, 3.63) is 73.5 Å². The maximum Gasteiger partial charge on any atom is 0.341 e. The SMILES string of the molecule is CCOC(=O)c1c(NC(=O)[C@@H](C)Sc2nnc(CNC(=O)c3cccs3)n2-c2cc(C)ccc2C)sc2c1CCCC2. The normalized spacial score (nSPS) is 13.3. The molecule has 9 nitrogen and oxygen atoms in total. The average Bonchev–Trinajstić information content (AvgIpc) is 3.72. The van der Waals surface area contributed by atoms with E-state index in [1.807, 2.05) is 48.1 Å². The summed E-state index contributed by atoms with van der Waals surface area (Å²) in [4.78, 5) is 40.8. The molecule has 1 aliphatic carbocycles. The summed E-state index contributed by atoms with van der Waals surface area (Å²) in [7, 11) is 0. The van der Waals surface area contributed by atoms with Gasteiger partial charge in [0.05, 0.1) is 34.5 Å². The molecule has 42 heavy (non-hydrogen) atoms. The molecule has 2 amide bonds. The predicted molar refractivity (Wildman–Crippen MR) is 167 cm³/mol. The number of carbonyl (C=O) groups excluding carboxylic acids is 3. The maximum absolute atomic E-state index is 13.5. The topological polar surface area (TPSA) is 115 Å². The van der Waals surface area contributed by atoms with Gasteiger partial charge in [-0.1, -0.05) is 30.0 Å². The van der Waals surface area contributed by atoms with Gasteiger partial charge in [-0.15, -0.1) is 32.9 Å². The molecular weight excluding hydrogens is 591 g/mol. The largest absolute Gasteiger partial charge is 0.462 e. The average molecular weight is 624 g/mol. The number of hydrogen-bond acceptors (Lipinski definition) is 9. The van der Waals surface area contributed by atoms with Crippen LogP contribution in [0, 0.1) is 13.8 Å². The number of benzene rings is 1. The number of ether oxygens (including phenoxy) is 1. The van der Waals surface area contributed by atoms with Crippen LogP contribution < -0.4 is 10.6 Å². The Balaban J connectivity index is 1.39. The van der Waals surface area contributed by atoms with Gasteiger partial charge in [0.1, 0.15) is 5.00 Å². The van der Waals surface area contributed by atoms with E-state index in [0.717, 1.165) is 52.9 Å². The highest BCUT2D eigenvalue weighted by Gasteiger charge is 2.29. The van der Waals surface area contributed by atoms with Crippen LogP contribution in [0.2, 0.25) is 0 Å². The Morgan fingerprint density at radius 3 is 2.71 bits per heavy atom. The molecule has 0 saturated heterocycles. The lowest BCUT2D eigenvalue weighted by Gasteiger charge is -2.16. The van der Waals surface area contributed by atoms with Gasteiger partial charge in [0.15, 0.2) is 11.0 Å². The van der Waals surface area contributed by atoms with Crippen molar-refractivity contribution in [3.8, 4) is 5.69 Å². The van der Waals surface area contributed by atoms with Crippen molar-refractivity contribution in [2.24, 2.45) is 0 Å². The molecule has 220 valence electrons. The van der Waals surface area contributed by atoms with Crippen molar-refractivity contribution in [3.63, 3.8) is 0 Å². The maximum atomic E-state index is 13.5. The lowest BCUT2D eigenvalue weighted by molar-refractivity contribution is -0.115.